The zero-order valence-electron chi connectivity index (χ0n) is 14.2. The summed E-state index contributed by atoms with van der Waals surface area (Å²) in [5.74, 6) is 0.714. The topological polar surface area (TPSA) is 38.3 Å². The van der Waals surface area contributed by atoms with Gasteiger partial charge in [0.1, 0.15) is 5.75 Å². The summed E-state index contributed by atoms with van der Waals surface area (Å²) in [6.07, 6.45) is 9.52. The Bertz CT molecular complexity index is 618. The summed E-state index contributed by atoms with van der Waals surface area (Å²) >= 11 is 1.60. The van der Waals surface area contributed by atoms with Crippen LogP contribution in [0.4, 0.5) is 5.69 Å². The summed E-state index contributed by atoms with van der Waals surface area (Å²) in [4.78, 5) is 12.9. The first-order valence-corrected chi connectivity index (χ1v) is 9.41. The molecular weight excluding hydrogens is 318 g/mol. The third-order valence-electron chi connectivity index (χ3n) is 3.58. The number of carbonyl (C=O) groups excluding carboxylic acids is 1. The van der Waals surface area contributed by atoms with E-state index in [2.05, 4.69) is 12.2 Å². The van der Waals surface area contributed by atoms with Crippen molar-refractivity contribution in [2.24, 2.45) is 0 Å². The van der Waals surface area contributed by atoms with Crippen molar-refractivity contribution < 1.29 is 9.53 Å². The van der Waals surface area contributed by atoms with Gasteiger partial charge in [-0.2, -0.15) is 0 Å². The molecule has 0 saturated heterocycles. The highest BCUT2D eigenvalue weighted by atomic mass is 32.1. The summed E-state index contributed by atoms with van der Waals surface area (Å²) < 4.78 is 5.72. The van der Waals surface area contributed by atoms with Crippen molar-refractivity contribution in [2.45, 2.75) is 39.0 Å². The molecule has 1 N–H and O–H groups in total. The molecule has 1 aromatic carbocycles. The standard InChI is InChI=1S/C20H25NO2S/c1-2-3-4-5-6-15-23-18-11-9-17(10-12-18)21-20(22)14-13-19-8-7-16-24-19/h7-14,16H,2-6,15H2,1H3,(H,21,22)/b14-13+. The van der Waals surface area contributed by atoms with Crippen LogP contribution in [0.2, 0.25) is 0 Å². The predicted molar refractivity (Wildman–Crippen MR) is 103 cm³/mol. The first-order valence-electron chi connectivity index (χ1n) is 8.53. The molecule has 0 atom stereocenters. The minimum atomic E-state index is -0.131. The molecule has 1 amide bonds. The van der Waals surface area contributed by atoms with E-state index in [4.69, 9.17) is 4.74 Å². The monoisotopic (exact) mass is 343 g/mol. The number of anilines is 1. The molecule has 0 aliphatic rings. The number of hydrogen-bond donors (Lipinski definition) is 1. The van der Waals surface area contributed by atoms with E-state index in [1.807, 2.05) is 47.9 Å². The SMILES string of the molecule is CCCCCCCOc1ccc(NC(=O)/C=C/c2cccs2)cc1. The third-order valence-corrected chi connectivity index (χ3v) is 4.42. The molecule has 1 heterocycles. The largest absolute Gasteiger partial charge is 0.494 e. The number of benzene rings is 1. The Morgan fingerprint density at radius 3 is 2.62 bits per heavy atom. The van der Waals surface area contributed by atoms with Crippen LogP contribution >= 0.6 is 11.3 Å². The van der Waals surface area contributed by atoms with Crippen LogP contribution < -0.4 is 10.1 Å². The summed E-state index contributed by atoms with van der Waals surface area (Å²) in [6.45, 7) is 2.97. The van der Waals surface area contributed by atoms with Gasteiger partial charge in [0.15, 0.2) is 0 Å². The van der Waals surface area contributed by atoms with Gasteiger partial charge in [0.25, 0.3) is 0 Å². The highest BCUT2D eigenvalue weighted by Gasteiger charge is 1.99. The molecule has 128 valence electrons. The van der Waals surface area contributed by atoms with Gasteiger partial charge in [-0.3, -0.25) is 4.79 Å². The van der Waals surface area contributed by atoms with Gasteiger partial charge in [-0.15, -0.1) is 11.3 Å². The molecule has 4 heteroatoms. The van der Waals surface area contributed by atoms with Gasteiger partial charge in [0.2, 0.25) is 5.91 Å². The Morgan fingerprint density at radius 1 is 1.12 bits per heavy atom. The summed E-state index contributed by atoms with van der Waals surface area (Å²) in [5, 5.41) is 4.83. The number of carbonyl (C=O) groups is 1. The van der Waals surface area contributed by atoms with Crippen molar-refractivity contribution in [1.29, 1.82) is 0 Å². The summed E-state index contributed by atoms with van der Waals surface area (Å²) in [5.41, 5.74) is 0.770. The quantitative estimate of drug-likeness (QED) is 0.440. The third kappa shape index (κ3) is 7.01. The lowest BCUT2D eigenvalue weighted by molar-refractivity contribution is -0.111. The average Bonchev–Trinajstić information content (AvgIpc) is 3.11. The van der Waals surface area contributed by atoms with E-state index in [9.17, 15) is 4.79 Å². The molecule has 1 aromatic heterocycles. The first kappa shape index (κ1) is 18.3. The van der Waals surface area contributed by atoms with Gasteiger partial charge in [-0.25, -0.2) is 0 Å². The molecule has 0 saturated carbocycles. The Morgan fingerprint density at radius 2 is 1.92 bits per heavy atom. The van der Waals surface area contributed by atoms with E-state index in [0.29, 0.717) is 0 Å². The number of rotatable bonds is 10. The van der Waals surface area contributed by atoms with Crippen molar-refractivity contribution in [3.8, 4) is 5.75 Å². The minimum Gasteiger partial charge on any atom is -0.494 e. The summed E-state index contributed by atoms with van der Waals surface area (Å²) in [6, 6.07) is 11.5. The molecule has 0 radical (unpaired) electrons. The second kappa shape index (κ2) is 10.7. The Labute approximate surface area is 148 Å². The van der Waals surface area contributed by atoms with Crippen molar-refractivity contribution in [1.82, 2.24) is 0 Å². The molecule has 2 aromatic rings. The van der Waals surface area contributed by atoms with Gasteiger partial charge in [0, 0.05) is 16.6 Å². The highest BCUT2D eigenvalue weighted by Crippen LogP contribution is 2.17. The zero-order valence-corrected chi connectivity index (χ0v) is 15.0. The van der Waals surface area contributed by atoms with E-state index in [1.54, 1.807) is 17.4 Å². The van der Waals surface area contributed by atoms with Crippen molar-refractivity contribution >= 4 is 29.0 Å². The number of nitrogens with one attached hydrogen (secondary N) is 1. The lowest BCUT2D eigenvalue weighted by Crippen LogP contribution is -2.07. The van der Waals surface area contributed by atoms with Crippen LogP contribution in [0.3, 0.4) is 0 Å². The average molecular weight is 343 g/mol. The molecule has 0 aliphatic heterocycles. The van der Waals surface area contributed by atoms with Crippen LogP contribution in [-0.2, 0) is 4.79 Å². The fourth-order valence-electron chi connectivity index (χ4n) is 2.26. The van der Waals surface area contributed by atoms with Crippen LogP contribution in [0.5, 0.6) is 5.75 Å². The van der Waals surface area contributed by atoms with Crippen LogP contribution in [0.1, 0.15) is 43.9 Å². The maximum absolute atomic E-state index is 11.9. The van der Waals surface area contributed by atoms with E-state index < -0.39 is 0 Å². The van der Waals surface area contributed by atoms with Crippen molar-refractivity contribution in [2.75, 3.05) is 11.9 Å². The molecule has 0 unspecified atom stereocenters. The highest BCUT2D eigenvalue weighted by molar-refractivity contribution is 7.10. The molecular formula is C20H25NO2S. The second-order valence-corrected chi connectivity index (χ2v) is 6.60. The molecule has 0 spiro atoms. The first-order chi connectivity index (χ1) is 11.8. The lowest BCUT2D eigenvalue weighted by atomic mass is 10.2. The number of unbranched alkanes of at least 4 members (excludes halogenated alkanes) is 4. The Balaban J connectivity index is 1.70. The minimum absolute atomic E-state index is 0.131. The van der Waals surface area contributed by atoms with Crippen LogP contribution in [0, 0.1) is 0 Å². The normalized spacial score (nSPS) is 10.9. The smallest absolute Gasteiger partial charge is 0.248 e. The van der Waals surface area contributed by atoms with Gasteiger partial charge in [0.05, 0.1) is 6.61 Å². The number of amides is 1. The van der Waals surface area contributed by atoms with Gasteiger partial charge >= 0.3 is 0 Å². The van der Waals surface area contributed by atoms with E-state index in [1.165, 1.54) is 25.7 Å². The Hall–Kier alpha value is -2.07. The van der Waals surface area contributed by atoms with E-state index in [-0.39, 0.29) is 5.91 Å². The van der Waals surface area contributed by atoms with Crippen LogP contribution in [-0.4, -0.2) is 12.5 Å². The fraction of sp³-hybridized carbons (Fsp3) is 0.350. The lowest BCUT2D eigenvalue weighted by Gasteiger charge is -2.07. The molecule has 24 heavy (non-hydrogen) atoms. The van der Waals surface area contributed by atoms with Crippen molar-refractivity contribution in [3.05, 3.63) is 52.7 Å². The number of hydrogen-bond acceptors (Lipinski definition) is 3. The van der Waals surface area contributed by atoms with Crippen molar-refractivity contribution in [3.63, 3.8) is 0 Å². The second-order valence-electron chi connectivity index (χ2n) is 5.63. The maximum atomic E-state index is 11.9. The van der Waals surface area contributed by atoms with Gasteiger partial charge in [-0.05, 0) is 48.2 Å². The predicted octanol–water partition coefficient (Wildman–Crippen LogP) is 5.75. The molecule has 3 nitrogen and oxygen atoms in total. The van der Waals surface area contributed by atoms with Gasteiger partial charge in [-0.1, -0.05) is 38.7 Å². The van der Waals surface area contributed by atoms with Gasteiger partial charge < -0.3 is 10.1 Å². The molecule has 2 rings (SSSR count). The van der Waals surface area contributed by atoms with E-state index in [0.717, 1.165) is 29.3 Å². The Kier molecular flexibility index (Phi) is 8.11. The molecule has 0 aliphatic carbocycles. The maximum Gasteiger partial charge on any atom is 0.248 e. The number of ether oxygens (including phenoxy) is 1. The molecule has 0 bridgehead atoms. The van der Waals surface area contributed by atoms with Crippen LogP contribution in [0.25, 0.3) is 6.08 Å². The fourth-order valence-corrected chi connectivity index (χ4v) is 2.88. The van der Waals surface area contributed by atoms with Crippen LogP contribution in [0.15, 0.2) is 47.9 Å². The summed E-state index contributed by atoms with van der Waals surface area (Å²) in [7, 11) is 0. The van der Waals surface area contributed by atoms with E-state index >= 15 is 0 Å². The zero-order chi connectivity index (χ0) is 17.0. The number of thiophene rings is 1. The molecule has 0 fully saturated rings.